The molecule has 2 aromatic rings. The third-order valence-corrected chi connectivity index (χ3v) is 4.84. The van der Waals surface area contributed by atoms with Crippen LogP contribution in [0.15, 0.2) is 53.7 Å². The van der Waals surface area contributed by atoms with Gasteiger partial charge in [-0.2, -0.15) is 0 Å². The minimum Gasteiger partial charge on any atom is -0.327 e. The van der Waals surface area contributed by atoms with E-state index in [1.165, 1.54) is 0 Å². The molecule has 0 bridgehead atoms. The number of halogens is 1. The molecular weight excluding hydrogens is 350 g/mol. The first kappa shape index (κ1) is 18.0. The molecular formula is C20H20ClN3O2. The Labute approximate surface area is 157 Å². The Morgan fingerprint density at radius 3 is 2.50 bits per heavy atom. The van der Waals surface area contributed by atoms with Crippen LogP contribution in [0, 0.1) is 13.8 Å². The van der Waals surface area contributed by atoms with E-state index < -0.39 is 6.04 Å². The maximum absolute atomic E-state index is 13.0. The fourth-order valence-electron chi connectivity index (χ4n) is 2.95. The van der Waals surface area contributed by atoms with E-state index in [2.05, 4.69) is 16.0 Å². The van der Waals surface area contributed by atoms with Gasteiger partial charge in [-0.05, 0) is 55.7 Å². The summed E-state index contributed by atoms with van der Waals surface area (Å²) in [7, 11) is 0. The van der Waals surface area contributed by atoms with Gasteiger partial charge < -0.3 is 16.0 Å². The minimum atomic E-state index is -0.621. The monoisotopic (exact) mass is 369 g/mol. The van der Waals surface area contributed by atoms with Gasteiger partial charge in [0, 0.05) is 16.4 Å². The fraction of sp³-hybridized carbons (Fsp3) is 0.200. The summed E-state index contributed by atoms with van der Waals surface area (Å²) in [4.78, 5) is 24.9. The van der Waals surface area contributed by atoms with Crippen LogP contribution in [0.1, 0.15) is 29.7 Å². The van der Waals surface area contributed by atoms with Crippen LogP contribution in [0.25, 0.3) is 0 Å². The first-order chi connectivity index (χ1) is 12.4. The zero-order chi connectivity index (χ0) is 18.8. The van der Waals surface area contributed by atoms with E-state index in [0.717, 1.165) is 11.1 Å². The molecule has 3 N–H and O–H groups in total. The van der Waals surface area contributed by atoms with Crippen molar-refractivity contribution in [3.8, 4) is 0 Å². The lowest BCUT2D eigenvalue weighted by Crippen LogP contribution is -2.46. The van der Waals surface area contributed by atoms with Crippen molar-refractivity contribution in [3.05, 3.63) is 75.4 Å². The van der Waals surface area contributed by atoms with E-state index in [9.17, 15) is 9.59 Å². The molecule has 6 heteroatoms. The van der Waals surface area contributed by atoms with Crippen LogP contribution in [0.4, 0.5) is 10.5 Å². The van der Waals surface area contributed by atoms with Crippen molar-refractivity contribution in [1.82, 2.24) is 10.6 Å². The number of rotatable bonds is 3. The van der Waals surface area contributed by atoms with Gasteiger partial charge in [-0.15, -0.1) is 0 Å². The van der Waals surface area contributed by atoms with Crippen LogP contribution in [0.2, 0.25) is 5.02 Å². The number of anilines is 1. The summed E-state index contributed by atoms with van der Waals surface area (Å²) in [5.74, 6) is -0.289. The number of aryl methyl sites for hydroxylation is 2. The quantitative estimate of drug-likeness (QED) is 0.757. The molecule has 134 valence electrons. The lowest BCUT2D eigenvalue weighted by atomic mass is 9.94. The molecule has 0 spiro atoms. The zero-order valence-electron chi connectivity index (χ0n) is 14.8. The van der Waals surface area contributed by atoms with Gasteiger partial charge in [0.05, 0.1) is 11.6 Å². The van der Waals surface area contributed by atoms with Crippen molar-refractivity contribution in [2.24, 2.45) is 0 Å². The second kappa shape index (κ2) is 7.22. The second-order valence-corrected chi connectivity index (χ2v) is 6.75. The maximum Gasteiger partial charge on any atom is 0.319 e. The van der Waals surface area contributed by atoms with E-state index in [-0.39, 0.29) is 11.9 Å². The smallest absolute Gasteiger partial charge is 0.319 e. The maximum atomic E-state index is 13.0. The molecule has 3 amide bonds. The summed E-state index contributed by atoms with van der Waals surface area (Å²) >= 11 is 6.30. The molecule has 3 rings (SSSR count). The number of urea groups is 1. The largest absolute Gasteiger partial charge is 0.327 e. The van der Waals surface area contributed by atoms with Gasteiger partial charge in [0.1, 0.15) is 0 Å². The second-order valence-electron chi connectivity index (χ2n) is 6.34. The summed E-state index contributed by atoms with van der Waals surface area (Å²) in [6, 6.07) is 11.9. The first-order valence-corrected chi connectivity index (χ1v) is 8.66. The Balaban J connectivity index is 1.97. The summed E-state index contributed by atoms with van der Waals surface area (Å²) in [6.45, 7) is 5.71. The molecule has 1 heterocycles. The average molecular weight is 370 g/mol. The van der Waals surface area contributed by atoms with E-state index >= 15 is 0 Å². The van der Waals surface area contributed by atoms with Crippen molar-refractivity contribution >= 4 is 29.2 Å². The normalized spacial score (nSPS) is 16.8. The van der Waals surface area contributed by atoms with Crippen LogP contribution in [0.5, 0.6) is 0 Å². The van der Waals surface area contributed by atoms with Gasteiger partial charge in [0.2, 0.25) is 0 Å². The van der Waals surface area contributed by atoms with Gasteiger partial charge >= 0.3 is 6.03 Å². The Hall–Kier alpha value is -2.79. The Bertz CT molecular complexity index is 921. The molecule has 0 aliphatic carbocycles. The average Bonchev–Trinajstić information content (AvgIpc) is 2.57. The van der Waals surface area contributed by atoms with Crippen molar-refractivity contribution in [2.45, 2.75) is 26.8 Å². The standard InChI is InChI=1S/C20H20ClN3O2/c1-11-8-9-14(10-12(11)2)23-19(25)17-13(3)22-20(26)24-18(17)15-6-4-5-7-16(15)21/h4-10,18H,1-3H3,(H,23,25)(H2,22,24,26). The topological polar surface area (TPSA) is 70.2 Å². The molecule has 1 atom stereocenters. The molecule has 26 heavy (non-hydrogen) atoms. The molecule has 0 saturated heterocycles. The molecule has 0 radical (unpaired) electrons. The summed E-state index contributed by atoms with van der Waals surface area (Å²) in [5, 5.41) is 8.85. The SMILES string of the molecule is CC1=C(C(=O)Nc2ccc(C)c(C)c2)C(c2ccccc2Cl)NC(=O)N1. The number of carbonyl (C=O) groups excluding carboxylic acids is 2. The van der Waals surface area contributed by atoms with E-state index in [1.54, 1.807) is 25.1 Å². The number of amides is 3. The lowest BCUT2D eigenvalue weighted by Gasteiger charge is -2.29. The Morgan fingerprint density at radius 1 is 1.08 bits per heavy atom. The highest BCUT2D eigenvalue weighted by Gasteiger charge is 2.32. The Morgan fingerprint density at radius 2 is 1.81 bits per heavy atom. The van der Waals surface area contributed by atoms with Crippen molar-refractivity contribution in [2.75, 3.05) is 5.32 Å². The van der Waals surface area contributed by atoms with Crippen molar-refractivity contribution < 1.29 is 9.59 Å². The van der Waals surface area contributed by atoms with E-state index in [4.69, 9.17) is 11.6 Å². The summed E-state index contributed by atoms with van der Waals surface area (Å²) < 4.78 is 0. The molecule has 0 aromatic heterocycles. The molecule has 0 fully saturated rings. The van der Waals surface area contributed by atoms with E-state index in [1.807, 2.05) is 38.1 Å². The van der Waals surface area contributed by atoms with Gasteiger partial charge in [0.25, 0.3) is 5.91 Å². The van der Waals surface area contributed by atoms with Crippen LogP contribution in [0.3, 0.4) is 0 Å². The molecule has 5 nitrogen and oxygen atoms in total. The molecule has 2 aromatic carbocycles. The molecule has 1 aliphatic rings. The third-order valence-electron chi connectivity index (χ3n) is 4.49. The lowest BCUT2D eigenvalue weighted by molar-refractivity contribution is -0.113. The summed E-state index contributed by atoms with van der Waals surface area (Å²) in [6.07, 6.45) is 0. The van der Waals surface area contributed by atoms with E-state index in [0.29, 0.717) is 27.5 Å². The molecule has 0 saturated carbocycles. The van der Waals surface area contributed by atoms with Gasteiger partial charge in [-0.25, -0.2) is 4.79 Å². The Kier molecular flexibility index (Phi) is 5.00. The highest BCUT2D eigenvalue weighted by atomic mass is 35.5. The first-order valence-electron chi connectivity index (χ1n) is 8.28. The number of nitrogens with one attached hydrogen (secondary N) is 3. The van der Waals surface area contributed by atoms with Crippen LogP contribution < -0.4 is 16.0 Å². The predicted molar refractivity (Wildman–Crippen MR) is 103 cm³/mol. The van der Waals surface area contributed by atoms with Crippen LogP contribution >= 0.6 is 11.6 Å². The molecule has 1 unspecified atom stereocenters. The van der Waals surface area contributed by atoms with Crippen LogP contribution in [-0.2, 0) is 4.79 Å². The van der Waals surface area contributed by atoms with Gasteiger partial charge in [-0.1, -0.05) is 35.9 Å². The number of benzene rings is 2. The van der Waals surface area contributed by atoms with Gasteiger partial charge in [-0.3, -0.25) is 4.79 Å². The number of hydrogen-bond acceptors (Lipinski definition) is 2. The van der Waals surface area contributed by atoms with Crippen LogP contribution in [-0.4, -0.2) is 11.9 Å². The number of hydrogen-bond donors (Lipinski definition) is 3. The van der Waals surface area contributed by atoms with Crippen molar-refractivity contribution in [1.29, 1.82) is 0 Å². The summed E-state index contributed by atoms with van der Waals surface area (Å²) in [5.41, 5.74) is 4.54. The highest BCUT2D eigenvalue weighted by molar-refractivity contribution is 6.31. The minimum absolute atomic E-state index is 0.289. The highest BCUT2D eigenvalue weighted by Crippen LogP contribution is 2.32. The number of carbonyl (C=O) groups is 2. The zero-order valence-corrected chi connectivity index (χ0v) is 15.6. The predicted octanol–water partition coefficient (Wildman–Crippen LogP) is 4.22. The van der Waals surface area contributed by atoms with Crippen molar-refractivity contribution in [3.63, 3.8) is 0 Å². The molecule has 1 aliphatic heterocycles. The van der Waals surface area contributed by atoms with Gasteiger partial charge in [0.15, 0.2) is 0 Å². The third kappa shape index (κ3) is 3.58. The fourth-order valence-corrected chi connectivity index (χ4v) is 3.20. The number of allylic oxidation sites excluding steroid dienone is 1.